The number of aryl methyl sites for hydroxylation is 1. The first-order valence-electron chi connectivity index (χ1n) is 8.90. The molecule has 2 atom stereocenters. The van der Waals surface area contributed by atoms with Crippen molar-refractivity contribution in [1.82, 2.24) is 14.9 Å². The average Bonchev–Trinajstić information content (AvgIpc) is 2.96. The first-order chi connectivity index (χ1) is 13.1. The highest BCUT2D eigenvalue weighted by Crippen LogP contribution is 2.44. The van der Waals surface area contributed by atoms with Crippen LogP contribution in [0.2, 0.25) is 0 Å². The van der Waals surface area contributed by atoms with E-state index in [0.29, 0.717) is 23.6 Å². The quantitative estimate of drug-likeness (QED) is 0.869. The van der Waals surface area contributed by atoms with Crippen molar-refractivity contribution in [3.8, 4) is 0 Å². The van der Waals surface area contributed by atoms with E-state index in [1.54, 1.807) is 19.4 Å². The molecule has 0 spiro atoms. The molecule has 3 heterocycles. The summed E-state index contributed by atoms with van der Waals surface area (Å²) in [5.74, 6) is 0.374. The van der Waals surface area contributed by atoms with Crippen LogP contribution in [0, 0.1) is 6.92 Å². The molecule has 2 unspecified atom stereocenters. The third-order valence-electron chi connectivity index (χ3n) is 5.09. The Balaban J connectivity index is 1.57. The van der Waals surface area contributed by atoms with Gasteiger partial charge in [-0.05, 0) is 31.9 Å². The number of hydrogen-bond acceptors (Lipinski definition) is 5. The minimum Gasteiger partial charge on any atom is -0.381 e. The fourth-order valence-corrected chi connectivity index (χ4v) is 3.77. The summed E-state index contributed by atoms with van der Waals surface area (Å²) in [6.45, 7) is 2.48. The third-order valence-corrected chi connectivity index (χ3v) is 5.09. The predicted octanol–water partition coefficient (Wildman–Crippen LogP) is 2.73. The fourth-order valence-electron chi connectivity index (χ4n) is 3.77. The highest BCUT2D eigenvalue weighted by Gasteiger charge is 2.42. The zero-order valence-electron chi connectivity index (χ0n) is 15.2. The Morgan fingerprint density at radius 2 is 2.11 bits per heavy atom. The lowest BCUT2D eigenvalue weighted by Gasteiger charge is -2.34. The lowest BCUT2D eigenvalue weighted by molar-refractivity contribution is 0.0172. The number of nitrogens with one attached hydrogen (secondary N) is 2. The van der Waals surface area contributed by atoms with Gasteiger partial charge in [0, 0.05) is 30.5 Å². The number of benzene rings is 1. The first kappa shape index (κ1) is 17.4. The van der Waals surface area contributed by atoms with E-state index >= 15 is 0 Å². The molecule has 1 aromatic heterocycles. The van der Waals surface area contributed by atoms with Gasteiger partial charge in [-0.2, -0.15) is 0 Å². The van der Waals surface area contributed by atoms with Crippen LogP contribution in [0.4, 0.5) is 16.3 Å². The van der Waals surface area contributed by atoms with Crippen LogP contribution in [0.5, 0.6) is 0 Å². The van der Waals surface area contributed by atoms with Crippen molar-refractivity contribution < 1.29 is 14.3 Å². The summed E-state index contributed by atoms with van der Waals surface area (Å²) in [6, 6.07) is 4.90. The number of fused-ring (bicyclic) bond motifs is 3. The van der Waals surface area contributed by atoms with E-state index in [1.165, 1.54) is 6.20 Å². The largest absolute Gasteiger partial charge is 0.381 e. The number of methoxy groups -OCH3 is 1. The number of piperidine rings is 1. The molecule has 8 heteroatoms. The third kappa shape index (κ3) is 3.23. The normalized spacial score (nSPS) is 20.8. The van der Waals surface area contributed by atoms with Crippen molar-refractivity contribution in [2.45, 2.75) is 31.9 Å². The van der Waals surface area contributed by atoms with Crippen LogP contribution in [-0.2, 0) is 4.74 Å². The van der Waals surface area contributed by atoms with Gasteiger partial charge >= 0.3 is 6.03 Å². The lowest BCUT2D eigenvalue weighted by Crippen LogP contribution is -2.38. The fraction of sp³-hybridized carbons (Fsp3) is 0.368. The van der Waals surface area contributed by atoms with E-state index in [1.807, 2.05) is 24.0 Å². The Labute approximate surface area is 156 Å². The average molecular weight is 367 g/mol. The number of nitrogens with zero attached hydrogens (tertiary/aromatic N) is 3. The van der Waals surface area contributed by atoms with Crippen LogP contribution in [0.3, 0.4) is 0 Å². The minimum absolute atomic E-state index is 0.0120. The summed E-state index contributed by atoms with van der Waals surface area (Å²) in [7, 11) is 1.69. The van der Waals surface area contributed by atoms with Gasteiger partial charge in [0.25, 0.3) is 5.91 Å². The van der Waals surface area contributed by atoms with Crippen molar-refractivity contribution in [2.24, 2.45) is 0 Å². The Kier molecular flexibility index (Phi) is 4.49. The second kappa shape index (κ2) is 6.96. The summed E-state index contributed by atoms with van der Waals surface area (Å²) in [5.41, 5.74) is 2.90. The highest BCUT2D eigenvalue weighted by atomic mass is 16.5. The molecule has 1 aromatic carbocycles. The van der Waals surface area contributed by atoms with Crippen molar-refractivity contribution in [1.29, 1.82) is 0 Å². The van der Waals surface area contributed by atoms with Crippen LogP contribution < -0.4 is 10.6 Å². The van der Waals surface area contributed by atoms with E-state index in [2.05, 4.69) is 20.6 Å². The lowest BCUT2D eigenvalue weighted by atomic mass is 9.94. The molecule has 2 aliphatic heterocycles. The Morgan fingerprint density at radius 3 is 2.85 bits per heavy atom. The molecule has 0 aliphatic carbocycles. The van der Waals surface area contributed by atoms with Crippen molar-refractivity contribution in [3.63, 3.8) is 0 Å². The number of aromatic nitrogens is 2. The summed E-state index contributed by atoms with van der Waals surface area (Å²) in [6.07, 6.45) is 4.73. The van der Waals surface area contributed by atoms with Crippen molar-refractivity contribution in [2.75, 3.05) is 24.3 Å². The summed E-state index contributed by atoms with van der Waals surface area (Å²) in [5, 5.41) is 5.52. The molecule has 1 fully saturated rings. The molecule has 2 aliphatic rings. The Morgan fingerprint density at radius 1 is 1.26 bits per heavy atom. The molecule has 2 N–H and O–H groups in total. The molecular formula is C19H21N5O3. The zero-order chi connectivity index (χ0) is 19.0. The summed E-state index contributed by atoms with van der Waals surface area (Å²) < 4.78 is 5.51. The molecule has 0 bridgehead atoms. The van der Waals surface area contributed by atoms with Gasteiger partial charge in [-0.25, -0.2) is 9.78 Å². The number of ether oxygens (including phenoxy) is 1. The number of amides is 3. The van der Waals surface area contributed by atoms with Gasteiger partial charge < -0.3 is 15.0 Å². The molecular weight excluding hydrogens is 346 g/mol. The van der Waals surface area contributed by atoms with Gasteiger partial charge in [0.2, 0.25) is 0 Å². The van der Waals surface area contributed by atoms with Crippen LogP contribution in [0.15, 0.2) is 30.6 Å². The number of hydrogen-bond donors (Lipinski definition) is 2. The predicted molar refractivity (Wildman–Crippen MR) is 99.7 cm³/mol. The van der Waals surface area contributed by atoms with Crippen molar-refractivity contribution in [3.05, 3.63) is 47.4 Å². The van der Waals surface area contributed by atoms with Crippen LogP contribution >= 0.6 is 0 Å². The number of rotatable bonds is 3. The van der Waals surface area contributed by atoms with Gasteiger partial charge in [0.05, 0.1) is 30.2 Å². The molecule has 3 amide bonds. The molecule has 8 nitrogen and oxygen atoms in total. The zero-order valence-corrected chi connectivity index (χ0v) is 15.2. The molecule has 140 valence electrons. The summed E-state index contributed by atoms with van der Waals surface area (Å²) in [4.78, 5) is 35.2. The molecule has 0 saturated carbocycles. The SMILES string of the molecule is COC1CCN2C(=O)c3cccc(NC(=O)Nc4cnc(C)cn4)c3C2C1. The second-order valence-corrected chi connectivity index (χ2v) is 6.79. The standard InChI is InChI=1S/C19H21N5O3/c1-11-9-21-16(10-20-11)23-19(26)22-14-5-3-4-13-17(14)15-8-12(27-2)6-7-24(15)18(13)25/h3-5,9-10,12,15H,6-8H2,1-2H3,(H2,21,22,23,26). The maximum absolute atomic E-state index is 12.7. The number of anilines is 2. The molecule has 2 aromatic rings. The van der Waals surface area contributed by atoms with E-state index in [-0.39, 0.29) is 18.1 Å². The number of urea groups is 1. The Bertz CT molecular complexity index is 883. The molecule has 0 radical (unpaired) electrons. The van der Waals surface area contributed by atoms with Crippen molar-refractivity contribution >= 4 is 23.4 Å². The minimum atomic E-state index is -0.424. The molecule has 1 saturated heterocycles. The van der Waals surface area contributed by atoms with E-state index in [9.17, 15) is 9.59 Å². The Hall–Kier alpha value is -3.00. The van der Waals surface area contributed by atoms with Crippen LogP contribution in [0.1, 0.15) is 40.5 Å². The maximum atomic E-state index is 12.7. The highest BCUT2D eigenvalue weighted by molar-refractivity contribution is 6.04. The second-order valence-electron chi connectivity index (χ2n) is 6.79. The smallest absolute Gasteiger partial charge is 0.324 e. The van der Waals surface area contributed by atoms with Gasteiger partial charge in [0.1, 0.15) is 0 Å². The maximum Gasteiger partial charge on any atom is 0.324 e. The van der Waals surface area contributed by atoms with Crippen LogP contribution in [-0.4, -0.2) is 46.6 Å². The summed E-state index contributed by atoms with van der Waals surface area (Å²) >= 11 is 0. The van der Waals surface area contributed by atoms with E-state index < -0.39 is 6.03 Å². The van der Waals surface area contributed by atoms with Crippen LogP contribution in [0.25, 0.3) is 0 Å². The monoisotopic (exact) mass is 367 g/mol. The first-order valence-corrected chi connectivity index (χ1v) is 8.90. The van der Waals surface area contributed by atoms with Gasteiger partial charge in [0.15, 0.2) is 5.82 Å². The van der Waals surface area contributed by atoms with Gasteiger partial charge in [-0.1, -0.05) is 6.07 Å². The molecule has 4 rings (SSSR count). The van der Waals surface area contributed by atoms with E-state index in [0.717, 1.165) is 24.1 Å². The van der Waals surface area contributed by atoms with E-state index in [4.69, 9.17) is 4.74 Å². The van der Waals surface area contributed by atoms with Gasteiger partial charge in [-0.3, -0.25) is 15.1 Å². The number of carbonyl (C=O) groups excluding carboxylic acids is 2. The molecule has 27 heavy (non-hydrogen) atoms. The van der Waals surface area contributed by atoms with Gasteiger partial charge in [-0.15, -0.1) is 0 Å². The number of carbonyl (C=O) groups is 2. The topological polar surface area (TPSA) is 96.5 Å².